The lowest BCUT2D eigenvalue weighted by atomic mass is 10.0. The van der Waals surface area contributed by atoms with Crippen molar-refractivity contribution >= 4 is 27.3 Å². The zero-order chi connectivity index (χ0) is 25.9. The summed E-state index contributed by atoms with van der Waals surface area (Å²) >= 11 is 1.69. The summed E-state index contributed by atoms with van der Waals surface area (Å²) in [6.45, 7) is 8.83. The van der Waals surface area contributed by atoms with Gasteiger partial charge in [0.1, 0.15) is 12.4 Å². The van der Waals surface area contributed by atoms with E-state index >= 15 is 0 Å². The molecule has 1 aromatic heterocycles. The summed E-state index contributed by atoms with van der Waals surface area (Å²) in [5.41, 5.74) is 3.31. The largest absolute Gasteiger partial charge is 0.491 e. The van der Waals surface area contributed by atoms with Gasteiger partial charge in [-0.3, -0.25) is 4.79 Å². The Labute approximate surface area is 218 Å². The molecule has 4 rings (SSSR count). The van der Waals surface area contributed by atoms with Crippen molar-refractivity contribution in [3.05, 3.63) is 81.5 Å². The minimum atomic E-state index is -3.78. The fourth-order valence-electron chi connectivity index (χ4n) is 4.47. The van der Waals surface area contributed by atoms with Crippen LogP contribution < -0.4 is 4.74 Å². The van der Waals surface area contributed by atoms with Gasteiger partial charge in [-0.2, -0.15) is 4.31 Å². The Bertz CT molecular complexity index is 1280. The quantitative estimate of drug-likeness (QED) is 0.375. The summed E-state index contributed by atoms with van der Waals surface area (Å²) in [4.78, 5) is 16.8. The number of hydrogen-bond acceptors (Lipinski definition) is 5. The fraction of sp³-hybridized carbons (Fsp3) is 0.393. The summed E-state index contributed by atoms with van der Waals surface area (Å²) in [6, 6.07) is 16.6. The van der Waals surface area contributed by atoms with Crippen LogP contribution in [0.25, 0.3) is 0 Å². The molecule has 1 atom stereocenters. The van der Waals surface area contributed by atoms with Gasteiger partial charge >= 0.3 is 0 Å². The molecule has 0 saturated heterocycles. The molecule has 192 valence electrons. The molecule has 2 heterocycles. The third kappa shape index (κ3) is 5.66. The van der Waals surface area contributed by atoms with Crippen LogP contribution in [0.15, 0.2) is 64.9 Å². The Balaban J connectivity index is 1.52. The van der Waals surface area contributed by atoms with Crippen LogP contribution in [0.5, 0.6) is 5.75 Å². The average Bonchev–Trinajstić information content (AvgIpc) is 3.35. The number of hydrogen-bond donors (Lipinski definition) is 0. The number of amides is 1. The molecule has 0 fully saturated rings. The molecule has 0 radical (unpaired) electrons. The maximum Gasteiger partial charge on any atom is 0.243 e. The van der Waals surface area contributed by atoms with Crippen LogP contribution in [0.2, 0.25) is 0 Å². The Morgan fingerprint density at radius 2 is 1.81 bits per heavy atom. The van der Waals surface area contributed by atoms with Gasteiger partial charge in [0, 0.05) is 18.0 Å². The first kappa shape index (κ1) is 26.4. The highest BCUT2D eigenvalue weighted by Gasteiger charge is 2.34. The first-order valence-corrected chi connectivity index (χ1v) is 14.7. The summed E-state index contributed by atoms with van der Waals surface area (Å²) in [5, 5.41) is 2.04. The smallest absolute Gasteiger partial charge is 0.243 e. The Kier molecular flexibility index (Phi) is 8.17. The predicted molar refractivity (Wildman–Crippen MR) is 144 cm³/mol. The summed E-state index contributed by atoms with van der Waals surface area (Å²) in [6.07, 6.45) is 0.759. The van der Waals surface area contributed by atoms with Crippen LogP contribution in [0.3, 0.4) is 0 Å². The molecule has 1 aliphatic heterocycles. The number of rotatable bonds is 9. The zero-order valence-electron chi connectivity index (χ0n) is 21.3. The summed E-state index contributed by atoms with van der Waals surface area (Å²) < 4.78 is 33.9. The van der Waals surface area contributed by atoms with E-state index in [1.165, 1.54) is 14.7 Å². The molecule has 0 unspecified atom stereocenters. The minimum absolute atomic E-state index is 0.200. The zero-order valence-corrected chi connectivity index (χ0v) is 22.9. The van der Waals surface area contributed by atoms with E-state index in [2.05, 4.69) is 32.0 Å². The number of sulfonamides is 1. The second kappa shape index (κ2) is 11.2. The van der Waals surface area contributed by atoms with Gasteiger partial charge in [-0.15, -0.1) is 11.3 Å². The molecular weight excluding hydrogens is 492 g/mol. The Morgan fingerprint density at radius 1 is 1.11 bits per heavy atom. The fourth-order valence-corrected chi connectivity index (χ4v) is 6.79. The van der Waals surface area contributed by atoms with Crippen LogP contribution in [0, 0.1) is 6.92 Å². The molecule has 6 nitrogen and oxygen atoms in total. The van der Waals surface area contributed by atoms with Crippen LogP contribution >= 0.6 is 11.3 Å². The molecule has 0 N–H and O–H groups in total. The van der Waals surface area contributed by atoms with E-state index < -0.39 is 10.0 Å². The van der Waals surface area contributed by atoms with E-state index in [0.717, 1.165) is 23.3 Å². The minimum Gasteiger partial charge on any atom is -0.491 e. The number of carbonyl (C=O) groups excluding carboxylic acids is 1. The molecule has 3 aromatic rings. The Hall–Kier alpha value is -2.68. The first-order valence-electron chi connectivity index (χ1n) is 12.4. The number of nitrogens with zero attached hydrogens (tertiary/aromatic N) is 2. The molecule has 2 aromatic carbocycles. The van der Waals surface area contributed by atoms with Gasteiger partial charge in [0.2, 0.25) is 15.9 Å². The van der Waals surface area contributed by atoms with Crippen LogP contribution in [-0.4, -0.2) is 49.8 Å². The summed E-state index contributed by atoms with van der Waals surface area (Å²) in [5.74, 6) is 0.982. The van der Waals surface area contributed by atoms with E-state index in [0.29, 0.717) is 19.1 Å². The van der Waals surface area contributed by atoms with Gasteiger partial charge < -0.3 is 9.64 Å². The van der Waals surface area contributed by atoms with Gasteiger partial charge in [-0.25, -0.2) is 8.42 Å². The number of fused-ring (bicyclic) bond motifs is 1. The van der Waals surface area contributed by atoms with Crippen molar-refractivity contribution in [1.29, 1.82) is 0 Å². The maximum atomic E-state index is 13.5. The number of likely N-dealkylation sites (N-methyl/N-ethyl adjacent to an activating group) is 1. The van der Waals surface area contributed by atoms with Crippen molar-refractivity contribution < 1.29 is 17.9 Å². The van der Waals surface area contributed by atoms with E-state index in [1.54, 1.807) is 47.4 Å². The third-order valence-electron chi connectivity index (χ3n) is 6.69. The van der Waals surface area contributed by atoms with E-state index in [4.69, 9.17) is 4.74 Å². The number of aryl methyl sites for hydroxylation is 1. The van der Waals surface area contributed by atoms with Crippen molar-refractivity contribution in [2.24, 2.45) is 0 Å². The van der Waals surface area contributed by atoms with E-state index in [1.807, 2.05) is 24.4 Å². The SMILES string of the molecule is CCN(CC(=O)N1CCc2sccc2[C@H]1COc1ccc(C(C)C)cc1)S(=O)(=O)c1ccc(C)cc1. The van der Waals surface area contributed by atoms with E-state index in [9.17, 15) is 13.2 Å². The monoisotopic (exact) mass is 526 g/mol. The Morgan fingerprint density at radius 3 is 2.44 bits per heavy atom. The van der Waals surface area contributed by atoms with Crippen LogP contribution in [0.1, 0.15) is 54.3 Å². The first-order chi connectivity index (χ1) is 17.2. The molecule has 8 heteroatoms. The van der Waals surface area contributed by atoms with Crippen molar-refractivity contribution in [2.45, 2.75) is 51.0 Å². The molecule has 0 saturated carbocycles. The average molecular weight is 527 g/mol. The van der Waals surface area contributed by atoms with Crippen LogP contribution in [-0.2, 0) is 21.2 Å². The predicted octanol–water partition coefficient (Wildman–Crippen LogP) is 5.40. The van der Waals surface area contributed by atoms with Gasteiger partial charge in [0.25, 0.3) is 0 Å². The molecule has 0 aliphatic carbocycles. The van der Waals surface area contributed by atoms with Crippen molar-refractivity contribution in [3.8, 4) is 5.75 Å². The van der Waals surface area contributed by atoms with Crippen LogP contribution in [0.4, 0.5) is 0 Å². The van der Waals surface area contributed by atoms with Crippen molar-refractivity contribution in [3.63, 3.8) is 0 Å². The van der Waals surface area contributed by atoms with Gasteiger partial charge in [0.15, 0.2) is 0 Å². The second-order valence-corrected chi connectivity index (χ2v) is 12.4. The molecular formula is C28H34N2O4S2. The van der Waals surface area contributed by atoms with Gasteiger partial charge in [-0.1, -0.05) is 50.6 Å². The molecule has 0 bridgehead atoms. The second-order valence-electron chi connectivity index (χ2n) is 9.43. The summed E-state index contributed by atoms with van der Waals surface area (Å²) in [7, 11) is -3.78. The van der Waals surface area contributed by atoms with Gasteiger partial charge in [-0.05, 0) is 66.1 Å². The van der Waals surface area contributed by atoms with Gasteiger partial charge in [0.05, 0.1) is 17.5 Å². The third-order valence-corrected chi connectivity index (χ3v) is 9.62. The van der Waals surface area contributed by atoms with Crippen molar-refractivity contribution in [2.75, 3.05) is 26.2 Å². The number of benzene rings is 2. The molecule has 1 amide bonds. The number of thiophene rings is 1. The standard InChI is InChI=1S/C28H34N2O4S2/c1-5-29(36(32,33)24-12-6-21(4)7-13-24)18-28(31)30-16-14-27-25(15-17-35-27)26(30)19-34-23-10-8-22(9-11-23)20(2)3/h6-13,15,17,20,26H,5,14,16,18-19H2,1-4H3/t26-/m1/s1. The lowest BCUT2D eigenvalue weighted by Crippen LogP contribution is -2.47. The lowest BCUT2D eigenvalue weighted by molar-refractivity contribution is -0.135. The topological polar surface area (TPSA) is 66.9 Å². The number of ether oxygens (including phenoxy) is 1. The number of carbonyl (C=O) groups is 1. The maximum absolute atomic E-state index is 13.5. The lowest BCUT2D eigenvalue weighted by Gasteiger charge is -2.36. The highest BCUT2D eigenvalue weighted by molar-refractivity contribution is 7.89. The molecule has 0 spiro atoms. The van der Waals surface area contributed by atoms with Crippen molar-refractivity contribution in [1.82, 2.24) is 9.21 Å². The molecule has 1 aliphatic rings. The highest BCUT2D eigenvalue weighted by Crippen LogP contribution is 2.34. The molecule has 36 heavy (non-hydrogen) atoms. The van der Waals surface area contributed by atoms with E-state index in [-0.39, 0.29) is 29.9 Å². The normalized spacial score (nSPS) is 15.8. The highest BCUT2D eigenvalue weighted by atomic mass is 32.2.